The molecule has 1 fully saturated rings. The second kappa shape index (κ2) is 6.56. The molecule has 0 spiro atoms. The molecule has 24 heavy (non-hydrogen) atoms. The van der Waals surface area contributed by atoms with Gasteiger partial charge in [0, 0.05) is 0 Å². The first-order valence-electron chi connectivity index (χ1n) is 8.82. The predicted molar refractivity (Wildman–Crippen MR) is 101 cm³/mol. The van der Waals surface area contributed by atoms with E-state index in [2.05, 4.69) is 43.9 Å². The van der Waals surface area contributed by atoms with Crippen LogP contribution < -0.4 is 5.19 Å². The summed E-state index contributed by atoms with van der Waals surface area (Å²) in [6.45, 7) is 9.16. The van der Waals surface area contributed by atoms with Crippen LogP contribution in [0.25, 0.3) is 0 Å². The maximum atomic E-state index is 13.4. The van der Waals surface area contributed by atoms with Gasteiger partial charge in [0.15, 0.2) is 5.76 Å². The molecule has 1 aromatic heterocycles. The molecule has 1 heterocycles. The Morgan fingerprint density at radius 3 is 2.29 bits per heavy atom. The highest BCUT2D eigenvalue weighted by Gasteiger charge is 2.48. The van der Waals surface area contributed by atoms with E-state index < -0.39 is 13.5 Å². The minimum absolute atomic E-state index is 0.133. The summed E-state index contributed by atoms with van der Waals surface area (Å²) in [6, 6.07) is 14.2. The second-order valence-corrected chi connectivity index (χ2v) is 11.8. The van der Waals surface area contributed by atoms with Crippen molar-refractivity contribution in [3.05, 3.63) is 66.3 Å². The summed E-state index contributed by atoms with van der Waals surface area (Å²) in [4.78, 5) is 13.4. The number of hydrogen-bond acceptors (Lipinski definition) is 2. The molecule has 0 saturated heterocycles. The molecule has 1 aliphatic carbocycles. The van der Waals surface area contributed by atoms with E-state index in [0.29, 0.717) is 5.76 Å². The van der Waals surface area contributed by atoms with E-state index in [0.717, 1.165) is 30.9 Å². The first-order chi connectivity index (χ1) is 11.5. The number of Topliss-reactive ketones (excluding diaryl/α,β-unsaturated/α-hetero) is 1. The molecule has 2 nitrogen and oxygen atoms in total. The molecule has 0 radical (unpaired) electrons. The largest absolute Gasteiger partial charge is 0.461 e. The third-order valence-electron chi connectivity index (χ3n) is 5.71. The van der Waals surface area contributed by atoms with Crippen molar-refractivity contribution >= 4 is 19.0 Å². The molecule has 3 rings (SSSR count). The Hall–Kier alpha value is -1.87. The quantitative estimate of drug-likeness (QED) is 0.559. The van der Waals surface area contributed by atoms with Crippen LogP contribution in [0.15, 0.2) is 64.9 Å². The molecule has 0 unspecified atom stereocenters. The van der Waals surface area contributed by atoms with Gasteiger partial charge in [0.1, 0.15) is 8.07 Å². The minimum Gasteiger partial charge on any atom is -0.461 e. The van der Waals surface area contributed by atoms with Crippen LogP contribution in [0.3, 0.4) is 0 Å². The molecule has 0 amide bonds. The lowest BCUT2D eigenvalue weighted by Crippen LogP contribution is -2.52. The monoisotopic (exact) mass is 338 g/mol. The van der Waals surface area contributed by atoms with Crippen molar-refractivity contribution in [2.75, 3.05) is 0 Å². The molecule has 0 bridgehead atoms. The maximum absolute atomic E-state index is 13.4. The van der Waals surface area contributed by atoms with Crippen molar-refractivity contribution in [3.8, 4) is 0 Å². The fourth-order valence-electron chi connectivity index (χ4n) is 4.09. The smallest absolute Gasteiger partial charge is 0.207 e. The lowest BCUT2D eigenvalue weighted by atomic mass is 9.70. The number of ketones is 1. The Bertz CT molecular complexity index is 708. The van der Waals surface area contributed by atoms with Gasteiger partial charge in [-0.1, -0.05) is 73.1 Å². The summed E-state index contributed by atoms with van der Waals surface area (Å²) in [5, 5.41) is 2.49. The van der Waals surface area contributed by atoms with Gasteiger partial charge >= 0.3 is 0 Å². The third kappa shape index (κ3) is 2.82. The molecule has 2 aromatic rings. The number of allylic oxidation sites excluding steroid dienone is 1. The van der Waals surface area contributed by atoms with E-state index >= 15 is 0 Å². The van der Waals surface area contributed by atoms with Crippen LogP contribution in [0.5, 0.6) is 0 Å². The Morgan fingerprint density at radius 2 is 1.71 bits per heavy atom. The van der Waals surface area contributed by atoms with Gasteiger partial charge in [-0.05, 0) is 25.0 Å². The van der Waals surface area contributed by atoms with Crippen LogP contribution in [0.2, 0.25) is 13.1 Å². The summed E-state index contributed by atoms with van der Waals surface area (Å²) in [6.07, 6.45) is 6.76. The van der Waals surface area contributed by atoms with E-state index in [-0.39, 0.29) is 5.78 Å². The van der Waals surface area contributed by atoms with Gasteiger partial charge < -0.3 is 4.42 Å². The van der Waals surface area contributed by atoms with Gasteiger partial charge in [-0.25, -0.2) is 0 Å². The summed E-state index contributed by atoms with van der Waals surface area (Å²) < 4.78 is 5.47. The van der Waals surface area contributed by atoms with Crippen LogP contribution in [0.4, 0.5) is 0 Å². The topological polar surface area (TPSA) is 30.2 Å². The summed E-state index contributed by atoms with van der Waals surface area (Å²) >= 11 is 0. The number of hydrogen-bond donors (Lipinski definition) is 0. The molecule has 1 aromatic carbocycles. The fourth-order valence-corrected chi connectivity index (χ4v) is 7.03. The maximum Gasteiger partial charge on any atom is 0.207 e. The van der Waals surface area contributed by atoms with Crippen molar-refractivity contribution in [1.29, 1.82) is 0 Å². The molecular weight excluding hydrogens is 312 g/mol. The lowest BCUT2D eigenvalue weighted by Gasteiger charge is -2.43. The lowest BCUT2D eigenvalue weighted by molar-refractivity contribution is 0.0760. The number of rotatable bonds is 5. The summed E-state index contributed by atoms with van der Waals surface area (Å²) in [5.74, 6) is 0.615. The van der Waals surface area contributed by atoms with Gasteiger partial charge in [-0.2, -0.15) is 0 Å². The zero-order valence-corrected chi connectivity index (χ0v) is 15.7. The average Bonchev–Trinajstić information content (AvgIpc) is 3.16. The normalized spacial score (nSPS) is 17.4. The van der Waals surface area contributed by atoms with Gasteiger partial charge in [0.05, 0.1) is 11.7 Å². The Labute approximate surface area is 145 Å². The van der Waals surface area contributed by atoms with Crippen LogP contribution >= 0.6 is 0 Å². The molecule has 0 aliphatic heterocycles. The molecule has 1 aliphatic rings. The highest BCUT2D eigenvalue weighted by atomic mass is 28.3. The zero-order valence-electron chi connectivity index (χ0n) is 14.7. The first-order valence-corrected chi connectivity index (χ1v) is 11.8. The van der Waals surface area contributed by atoms with E-state index in [1.54, 1.807) is 18.4 Å². The minimum atomic E-state index is -1.97. The van der Waals surface area contributed by atoms with Crippen LogP contribution in [-0.4, -0.2) is 13.9 Å². The molecule has 1 saturated carbocycles. The number of carbonyl (C=O) groups is 1. The van der Waals surface area contributed by atoms with Crippen molar-refractivity contribution < 1.29 is 9.21 Å². The van der Waals surface area contributed by atoms with Crippen molar-refractivity contribution in [2.24, 2.45) is 5.41 Å². The molecular formula is C21H26O2Si. The van der Waals surface area contributed by atoms with Crippen molar-refractivity contribution in [2.45, 2.75) is 45.2 Å². The van der Waals surface area contributed by atoms with Crippen molar-refractivity contribution in [1.82, 2.24) is 0 Å². The Morgan fingerprint density at radius 1 is 1.04 bits per heavy atom. The Balaban J connectivity index is 2.03. The van der Waals surface area contributed by atoms with Crippen LogP contribution in [0, 0.1) is 5.41 Å². The predicted octanol–water partition coefficient (Wildman–Crippen LogP) is 5.12. The summed E-state index contributed by atoms with van der Waals surface area (Å²) in [5.41, 5.74) is -0.457. The second-order valence-electron chi connectivity index (χ2n) is 7.42. The SMILES string of the molecule is C=C(C1(C(=O)c2ccco2)CCCCC1)[Si](C)(C)c1ccccc1. The first kappa shape index (κ1) is 17.0. The highest BCUT2D eigenvalue weighted by Crippen LogP contribution is 2.47. The zero-order chi connectivity index (χ0) is 17.2. The number of furan rings is 1. The molecule has 0 N–H and O–H groups in total. The third-order valence-corrected chi connectivity index (χ3v) is 9.48. The van der Waals surface area contributed by atoms with Gasteiger partial charge in [-0.3, -0.25) is 4.79 Å². The molecule has 126 valence electrons. The standard InChI is InChI=1S/C21H26O2Si/c1-17(24(2,3)18-11-6-4-7-12-18)21(14-8-5-9-15-21)20(22)19-13-10-16-23-19/h4,6-7,10-13,16H,1,5,8-9,14-15H2,2-3H3. The van der Waals surface area contributed by atoms with Crippen LogP contribution in [0.1, 0.15) is 42.7 Å². The van der Waals surface area contributed by atoms with E-state index in [1.165, 1.54) is 11.6 Å². The van der Waals surface area contributed by atoms with E-state index in [1.807, 2.05) is 6.07 Å². The van der Waals surface area contributed by atoms with Gasteiger partial charge in [-0.15, -0.1) is 6.58 Å². The molecule has 0 atom stereocenters. The summed E-state index contributed by atoms with van der Waals surface area (Å²) in [7, 11) is -1.97. The van der Waals surface area contributed by atoms with Gasteiger partial charge in [0.2, 0.25) is 5.78 Å². The fraction of sp³-hybridized carbons (Fsp3) is 0.381. The van der Waals surface area contributed by atoms with E-state index in [4.69, 9.17) is 4.42 Å². The number of benzene rings is 1. The molecule has 3 heteroatoms. The van der Waals surface area contributed by atoms with E-state index in [9.17, 15) is 4.79 Å². The van der Waals surface area contributed by atoms with Gasteiger partial charge in [0.25, 0.3) is 0 Å². The Kier molecular flexibility index (Phi) is 4.64. The average molecular weight is 339 g/mol. The highest BCUT2D eigenvalue weighted by molar-refractivity contribution is 6.96. The number of carbonyl (C=O) groups excluding carboxylic acids is 1. The van der Waals surface area contributed by atoms with Crippen molar-refractivity contribution in [3.63, 3.8) is 0 Å². The van der Waals surface area contributed by atoms with Crippen LogP contribution in [-0.2, 0) is 0 Å².